The summed E-state index contributed by atoms with van der Waals surface area (Å²) in [6.07, 6.45) is 5.01. The predicted molar refractivity (Wildman–Crippen MR) is 183 cm³/mol. The first-order chi connectivity index (χ1) is 21.5. The number of hydrogen-bond donors (Lipinski definition) is 1. The molecule has 2 unspecified atom stereocenters. The first kappa shape index (κ1) is 38.9. The summed E-state index contributed by atoms with van der Waals surface area (Å²) >= 11 is 0. The summed E-state index contributed by atoms with van der Waals surface area (Å²) in [6, 6.07) is 10.1. The van der Waals surface area contributed by atoms with Crippen LogP contribution in [0.5, 0.6) is 0 Å². The molecule has 46 heavy (non-hydrogen) atoms. The van der Waals surface area contributed by atoms with Gasteiger partial charge in [-0.3, -0.25) is 4.79 Å². The molecule has 1 saturated heterocycles. The number of esters is 1. The maximum atomic E-state index is 13.8. The highest BCUT2D eigenvalue weighted by Crippen LogP contribution is 2.52. The van der Waals surface area contributed by atoms with Crippen molar-refractivity contribution in [3.63, 3.8) is 0 Å². The molecule has 1 heterocycles. The van der Waals surface area contributed by atoms with E-state index in [2.05, 4.69) is 66.8 Å². The smallest absolute Gasteiger partial charge is 0.311 e. The van der Waals surface area contributed by atoms with Crippen molar-refractivity contribution in [3.05, 3.63) is 48.0 Å². The maximum Gasteiger partial charge on any atom is 0.311 e. The number of methoxy groups -OCH3 is 3. The second-order valence-electron chi connectivity index (χ2n) is 15.9. The molecule has 8 atom stereocenters. The molecule has 0 aromatic heterocycles. The standard InChI is InChI=1S/C37H62O8Si/c1-35(2,3)46(10,11)44-23-18-27-29(34(42-9)45-33(27)41-8)30(32(39)40-7)31(38)28(37(6)21-15-20-36(4,5)25-37)19-22-43-24-26-16-13-12-14-17-26/h12-17,21,27-31,33-34,38H,18-20,22-25H2,1-11H3/t27-,28-,29-,30?,31?,33-,34+,37+/m1/s1. The van der Waals surface area contributed by atoms with Crippen molar-refractivity contribution in [2.45, 2.75) is 111 Å². The Hall–Kier alpha value is -1.59. The quantitative estimate of drug-likeness (QED) is 0.0850. The molecule has 3 rings (SSSR count). The van der Waals surface area contributed by atoms with Gasteiger partial charge in [-0.05, 0) is 66.1 Å². The van der Waals surface area contributed by atoms with Crippen molar-refractivity contribution < 1.29 is 38.0 Å². The number of aliphatic hydroxyl groups is 1. The lowest BCUT2D eigenvalue weighted by molar-refractivity contribution is -0.205. The van der Waals surface area contributed by atoms with Gasteiger partial charge in [-0.15, -0.1) is 0 Å². The van der Waals surface area contributed by atoms with Gasteiger partial charge in [0, 0.05) is 39.3 Å². The Morgan fingerprint density at radius 1 is 1.04 bits per heavy atom. The third kappa shape index (κ3) is 9.52. The minimum atomic E-state index is -2.02. The van der Waals surface area contributed by atoms with Crippen LogP contribution in [-0.2, 0) is 39.5 Å². The molecule has 1 aromatic rings. The van der Waals surface area contributed by atoms with Gasteiger partial charge in [0.15, 0.2) is 20.9 Å². The van der Waals surface area contributed by atoms with Crippen LogP contribution in [0.15, 0.2) is 42.5 Å². The van der Waals surface area contributed by atoms with Crippen molar-refractivity contribution >= 4 is 14.3 Å². The fourth-order valence-corrected chi connectivity index (χ4v) is 8.48. The second kappa shape index (κ2) is 16.2. The zero-order chi connectivity index (χ0) is 34.3. The Balaban J connectivity index is 1.95. The van der Waals surface area contributed by atoms with Gasteiger partial charge in [-0.25, -0.2) is 0 Å². The van der Waals surface area contributed by atoms with Crippen molar-refractivity contribution in [3.8, 4) is 0 Å². The molecule has 262 valence electrons. The van der Waals surface area contributed by atoms with Gasteiger partial charge in [0.25, 0.3) is 0 Å². The van der Waals surface area contributed by atoms with Crippen LogP contribution in [-0.4, -0.2) is 72.6 Å². The highest BCUT2D eigenvalue weighted by molar-refractivity contribution is 6.74. The highest BCUT2D eigenvalue weighted by Gasteiger charge is 2.56. The molecule has 2 aliphatic rings. The zero-order valence-corrected chi connectivity index (χ0v) is 31.3. The Kier molecular flexibility index (Phi) is 13.7. The van der Waals surface area contributed by atoms with Crippen LogP contribution >= 0.6 is 0 Å². The minimum absolute atomic E-state index is 0.0451. The van der Waals surface area contributed by atoms with E-state index in [9.17, 15) is 9.90 Å². The SMILES string of the molecule is COC(=O)C(C(O)[C@@H](CCOCc1ccccc1)[C@@]1(C)C=CCC(C)(C)C1)[C@@H]1[C@@H](OC)O[C@@H](OC)[C@@H]1CCO[Si](C)(C)C(C)(C)C. The van der Waals surface area contributed by atoms with Crippen LogP contribution in [0.2, 0.25) is 18.1 Å². The Morgan fingerprint density at radius 2 is 1.70 bits per heavy atom. The normalized spacial score (nSPS) is 28.5. The molecule has 1 fully saturated rings. The summed E-state index contributed by atoms with van der Waals surface area (Å²) in [7, 11) is 2.54. The van der Waals surface area contributed by atoms with Crippen LogP contribution in [0.25, 0.3) is 0 Å². The zero-order valence-electron chi connectivity index (χ0n) is 30.3. The Morgan fingerprint density at radius 3 is 2.26 bits per heavy atom. The predicted octanol–water partition coefficient (Wildman–Crippen LogP) is 7.36. The van der Waals surface area contributed by atoms with Crippen LogP contribution in [0, 0.1) is 34.5 Å². The lowest BCUT2D eigenvalue weighted by atomic mass is 9.58. The number of hydrogen-bond acceptors (Lipinski definition) is 8. The fourth-order valence-electron chi connectivity index (χ4n) is 7.42. The van der Waals surface area contributed by atoms with Gasteiger partial charge >= 0.3 is 5.97 Å². The number of ether oxygens (including phenoxy) is 5. The number of carbonyl (C=O) groups is 1. The molecular weight excluding hydrogens is 600 g/mol. The van der Waals surface area contributed by atoms with E-state index in [1.807, 2.05) is 30.3 Å². The van der Waals surface area contributed by atoms with E-state index in [0.717, 1.165) is 18.4 Å². The fraction of sp³-hybridized carbons (Fsp3) is 0.757. The first-order valence-electron chi connectivity index (χ1n) is 16.9. The third-order valence-electron chi connectivity index (χ3n) is 10.8. The van der Waals surface area contributed by atoms with Gasteiger partial charge in [0.1, 0.15) is 0 Å². The van der Waals surface area contributed by atoms with Crippen molar-refractivity contribution in [2.75, 3.05) is 34.5 Å². The Labute approximate surface area is 279 Å². The van der Waals surface area contributed by atoms with Gasteiger partial charge in [0.05, 0.1) is 25.7 Å². The van der Waals surface area contributed by atoms with E-state index < -0.39 is 44.8 Å². The van der Waals surface area contributed by atoms with Crippen LogP contribution in [0.4, 0.5) is 0 Å². The number of allylic oxidation sites excluding steroid dienone is 2. The molecule has 0 amide bonds. The van der Waals surface area contributed by atoms with Crippen molar-refractivity contribution in [1.82, 2.24) is 0 Å². The molecular formula is C37H62O8Si. The van der Waals surface area contributed by atoms with Crippen LogP contribution < -0.4 is 0 Å². The monoisotopic (exact) mass is 662 g/mol. The third-order valence-corrected chi connectivity index (χ3v) is 15.4. The average Bonchev–Trinajstić information content (AvgIpc) is 3.33. The van der Waals surface area contributed by atoms with E-state index in [0.29, 0.717) is 32.7 Å². The highest BCUT2D eigenvalue weighted by atomic mass is 28.4. The van der Waals surface area contributed by atoms with E-state index in [1.165, 1.54) is 7.11 Å². The summed E-state index contributed by atoms with van der Waals surface area (Å²) in [6.45, 7) is 19.2. The van der Waals surface area contributed by atoms with Gasteiger partial charge in [0.2, 0.25) is 0 Å². The van der Waals surface area contributed by atoms with E-state index in [4.69, 9.17) is 28.1 Å². The summed E-state index contributed by atoms with van der Waals surface area (Å²) in [5, 5.41) is 12.6. The van der Waals surface area contributed by atoms with Crippen molar-refractivity contribution in [1.29, 1.82) is 0 Å². The molecule has 1 aliphatic heterocycles. The Bertz CT molecular complexity index is 1120. The minimum Gasteiger partial charge on any atom is -0.469 e. The maximum absolute atomic E-state index is 13.8. The molecule has 1 N–H and O–H groups in total. The van der Waals surface area contributed by atoms with Gasteiger partial charge in [-0.2, -0.15) is 0 Å². The lowest BCUT2D eigenvalue weighted by Gasteiger charge is -2.47. The summed E-state index contributed by atoms with van der Waals surface area (Å²) in [5.74, 6) is -2.47. The van der Waals surface area contributed by atoms with Gasteiger partial charge < -0.3 is 33.2 Å². The molecule has 0 radical (unpaired) electrons. The van der Waals surface area contributed by atoms with E-state index in [1.54, 1.807) is 14.2 Å². The molecule has 0 bridgehead atoms. The molecule has 0 saturated carbocycles. The largest absolute Gasteiger partial charge is 0.469 e. The summed E-state index contributed by atoms with van der Waals surface area (Å²) in [5.41, 5.74) is 0.757. The van der Waals surface area contributed by atoms with Crippen molar-refractivity contribution in [2.24, 2.45) is 34.5 Å². The molecule has 1 aromatic carbocycles. The average molecular weight is 663 g/mol. The lowest BCUT2D eigenvalue weighted by Crippen LogP contribution is -2.50. The molecule has 8 nitrogen and oxygen atoms in total. The van der Waals surface area contributed by atoms with Crippen LogP contribution in [0.3, 0.4) is 0 Å². The van der Waals surface area contributed by atoms with E-state index >= 15 is 0 Å². The summed E-state index contributed by atoms with van der Waals surface area (Å²) in [4.78, 5) is 13.8. The number of aliphatic hydroxyl groups excluding tert-OH is 1. The number of rotatable bonds is 16. The first-order valence-corrected chi connectivity index (χ1v) is 19.8. The summed E-state index contributed by atoms with van der Waals surface area (Å²) < 4.78 is 36.1. The number of benzene rings is 1. The number of carbonyl (C=O) groups excluding carboxylic acids is 1. The molecule has 1 aliphatic carbocycles. The topological polar surface area (TPSA) is 92.7 Å². The van der Waals surface area contributed by atoms with Gasteiger partial charge in [-0.1, -0.05) is 84.0 Å². The second-order valence-corrected chi connectivity index (χ2v) is 20.7. The molecule has 9 heteroatoms. The van der Waals surface area contributed by atoms with E-state index in [-0.39, 0.29) is 27.7 Å². The molecule has 0 spiro atoms. The van der Waals surface area contributed by atoms with Crippen LogP contribution in [0.1, 0.15) is 72.8 Å².